The molecule has 1 aliphatic heterocycles. The van der Waals surface area contributed by atoms with Crippen LogP contribution in [0.15, 0.2) is 42.5 Å². The minimum Gasteiger partial charge on any atom is -0.370 e. The molecule has 1 aliphatic carbocycles. The minimum atomic E-state index is -0.286. The van der Waals surface area contributed by atoms with Crippen LogP contribution in [0.25, 0.3) is 0 Å². The Kier molecular flexibility index (Phi) is 2.52. The summed E-state index contributed by atoms with van der Waals surface area (Å²) in [6, 6.07) is 14.0. The molecule has 100 valence electrons. The first-order chi connectivity index (χ1) is 9.81. The highest BCUT2D eigenvalue weighted by Crippen LogP contribution is 2.34. The highest BCUT2D eigenvalue weighted by molar-refractivity contribution is 6.04. The van der Waals surface area contributed by atoms with Crippen LogP contribution in [0, 0.1) is 0 Å². The maximum atomic E-state index is 12.1. The molecule has 0 saturated carbocycles. The predicted molar refractivity (Wildman–Crippen MR) is 79.9 cm³/mol. The van der Waals surface area contributed by atoms with Gasteiger partial charge >= 0.3 is 0 Å². The van der Waals surface area contributed by atoms with Crippen molar-refractivity contribution in [3.05, 3.63) is 59.2 Å². The second-order valence-corrected chi connectivity index (χ2v) is 5.49. The molecular formula is C17H16N2O. The Morgan fingerprint density at radius 1 is 1.05 bits per heavy atom. The largest absolute Gasteiger partial charge is 0.370 e. The summed E-state index contributed by atoms with van der Waals surface area (Å²) in [6.07, 6.45) is 3.58. The van der Waals surface area contributed by atoms with Gasteiger partial charge in [0.05, 0.1) is 0 Å². The molecule has 2 N–H and O–H groups in total. The van der Waals surface area contributed by atoms with Crippen LogP contribution >= 0.6 is 0 Å². The fourth-order valence-electron chi connectivity index (χ4n) is 3.18. The lowest BCUT2D eigenvalue weighted by atomic mass is 10.1. The van der Waals surface area contributed by atoms with E-state index < -0.39 is 0 Å². The van der Waals surface area contributed by atoms with E-state index in [-0.39, 0.29) is 11.9 Å². The number of hydrogen-bond acceptors (Lipinski definition) is 2. The number of benzene rings is 2. The zero-order chi connectivity index (χ0) is 13.5. The lowest BCUT2D eigenvalue weighted by Gasteiger charge is -2.14. The molecule has 1 amide bonds. The zero-order valence-electron chi connectivity index (χ0n) is 11.1. The van der Waals surface area contributed by atoms with E-state index in [9.17, 15) is 4.79 Å². The molecular weight excluding hydrogens is 248 g/mol. The van der Waals surface area contributed by atoms with Gasteiger partial charge < -0.3 is 10.6 Å². The fraction of sp³-hybridized carbons (Fsp3) is 0.235. The normalized spacial score (nSPS) is 19.4. The van der Waals surface area contributed by atoms with Gasteiger partial charge in [-0.1, -0.05) is 24.3 Å². The van der Waals surface area contributed by atoms with Crippen molar-refractivity contribution < 1.29 is 4.79 Å². The van der Waals surface area contributed by atoms with Gasteiger partial charge in [-0.05, 0) is 48.6 Å². The predicted octanol–water partition coefficient (Wildman–Crippen LogP) is 3.28. The number of hydrogen-bond donors (Lipinski definition) is 2. The molecule has 3 nitrogen and oxygen atoms in total. The third-order valence-electron chi connectivity index (χ3n) is 4.20. The first-order valence-electron chi connectivity index (χ1n) is 7.09. The molecule has 2 aliphatic rings. The SMILES string of the molecule is O=C1Nc2ccccc2C1Nc1ccc2c(c1)CCC2. The van der Waals surface area contributed by atoms with E-state index in [1.807, 2.05) is 24.3 Å². The summed E-state index contributed by atoms with van der Waals surface area (Å²) in [5.41, 5.74) is 5.84. The van der Waals surface area contributed by atoms with Crippen LogP contribution < -0.4 is 10.6 Å². The van der Waals surface area contributed by atoms with E-state index in [0.29, 0.717) is 0 Å². The molecule has 1 heterocycles. The van der Waals surface area contributed by atoms with Gasteiger partial charge in [0.2, 0.25) is 0 Å². The second kappa shape index (κ2) is 4.37. The van der Waals surface area contributed by atoms with Gasteiger partial charge in [0.25, 0.3) is 5.91 Å². The molecule has 0 aromatic heterocycles. The maximum Gasteiger partial charge on any atom is 0.251 e. The molecule has 0 bridgehead atoms. The van der Waals surface area contributed by atoms with Crippen LogP contribution in [-0.4, -0.2) is 5.91 Å². The second-order valence-electron chi connectivity index (χ2n) is 5.49. The number of nitrogens with one attached hydrogen (secondary N) is 2. The molecule has 0 saturated heterocycles. The lowest BCUT2D eigenvalue weighted by molar-refractivity contribution is -0.116. The van der Waals surface area contributed by atoms with Crippen molar-refractivity contribution in [2.45, 2.75) is 25.3 Å². The van der Waals surface area contributed by atoms with E-state index in [4.69, 9.17) is 0 Å². The van der Waals surface area contributed by atoms with Crippen LogP contribution in [0.3, 0.4) is 0 Å². The molecule has 0 spiro atoms. The smallest absolute Gasteiger partial charge is 0.251 e. The summed E-state index contributed by atoms with van der Waals surface area (Å²) in [7, 11) is 0. The molecule has 3 heteroatoms. The van der Waals surface area contributed by atoms with Crippen molar-refractivity contribution in [1.82, 2.24) is 0 Å². The van der Waals surface area contributed by atoms with Crippen molar-refractivity contribution >= 4 is 17.3 Å². The highest BCUT2D eigenvalue weighted by Gasteiger charge is 2.30. The Labute approximate surface area is 118 Å². The first-order valence-corrected chi connectivity index (χ1v) is 7.09. The summed E-state index contributed by atoms with van der Waals surface area (Å²) in [5, 5.41) is 6.28. The molecule has 2 aromatic carbocycles. The number of anilines is 2. The molecule has 0 radical (unpaired) electrons. The Morgan fingerprint density at radius 3 is 2.85 bits per heavy atom. The third kappa shape index (κ3) is 1.78. The summed E-state index contributed by atoms with van der Waals surface area (Å²) in [4.78, 5) is 12.1. The standard InChI is InChI=1S/C17H16N2O/c20-17-16(14-6-1-2-7-15(14)19-17)18-13-9-8-11-4-3-5-12(11)10-13/h1-2,6-10,16,18H,3-5H2,(H,19,20). The molecule has 1 unspecified atom stereocenters. The fourth-order valence-corrected chi connectivity index (χ4v) is 3.18. The van der Waals surface area contributed by atoms with Crippen LogP contribution in [0.5, 0.6) is 0 Å². The molecule has 2 aromatic rings. The van der Waals surface area contributed by atoms with E-state index >= 15 is 0 Å². The van der Waals surface area contributed by atoms with Crippen LogP contribution in [0.2, 0.25) is 0 Å². The Bertz CT molecular complexity index is 693. The number of rotatable bonds is 2. The van der Waals surface area contributed by atoms with Crippen LogP contribution in [0.1, 0.15) is 29.2 Å². The van der Waals surface area contributed by atoms with Gasteiger partial charge in [-0.2, -0.15) is 0 Å². The average Bonchev–Trinajstić information content (AvgIpc) is 3.04. The van der Waals surface area contributed by atoms with Crippen molar-refractivity contribution in [1.29, 1.82) is 0 Å². The summed E-state index contributed by atoms with van der Waals surface area (Å²) in [5.74, 6) is 0.0201. The van der Waals surface area contributed by atoms with Gasteiger partial charge in [-0.3, -0.25) is 4.79 Å². The molecule has 4 rings (SSSR count). The Balaban J connectivity index is 1.65. The van der Waals surface area contributed by atoms with Crippen molar-refractivity contribution in [2.24, 2.45) is 0 Å². The van der Waals surface area contributed by atoms with E-state index in [2.05, 4.69) is 28.8 Å². The topological polar surface area (TPSA) is 41.1 Å². The van der Waals surface area contributed by atoms with Gasteiger partial charge in [0.15, 0.2) is 0 Å². The number of para-hydroxylation sites is 1. The number of fused-ring (bicyclic) bond motifs is 2. The van der Waals surface area contributed by atoms with Crippen molar-refractivity contribution in [3.63, 3.8) is 0 Å². The number of carbonyl (C=O) groups excluding carboxylic acids is 1. The monoisotopic (exact) mass is 264 g/mol. The Hall–Kier alpha value is -2.29. The highest BCUT2D eigenvalue weighted by atomic mass is 16.2. The molecule has 20 heavy (non-hydrogen) atoms. The van der Waals surface area contributed by atoms with Gasteiger partial charge in [-0.25, -0.2) is 0 Å². The third-order valence-corrected chi connectivity index (χ3v) is 4.20. The van der Waals surface area contributed by atoms with E-state index in [0.717, 1.165) is 23.4 Å². The Morgan fingerprint density at radius 2 is 1.90 bits per heavy atom. The minimum absolute atomic E-state index is 0.0201. The van der Waals surface area contributed by atoms with Crippen molar-refractivity contribution in [2.75, 3.05) is 10.6 Å². The lowest BCUT2D eigenvalue weighted by Crippen LogP contribution is -2.19. The molecule has 0 fully saturated rings. The summed E-state index contributed by atoms with van der Waals surface area (Å²) in [6.45, 7) is 0. The van der Waals surface area contributed by atoms with Crippen LogP contribution in [-0.2, 0) is 17.6 Å². The maximum absolute atomic E-state index is 12.1. The molecule has 1 atom stereocenters. The number of carbonyl (C=O) groups is 1. The van der Waals surface area contributed by atoms with Crippen LogP contribution in [0.4, 0.5) is 11.4 Å². The van der Waals surface area contributed by atoms with Crippen molar-refractivity contribution in [3.8, 4) is 0 Å². The van der Waals surface area contributed by atoms with Gasteiger partial charge in [-0.15, -0.1) is 0 Å². The summed E-state index contributed by atoms with van der Waals surface area (Å²) < 4.78 is 0. The van der Waals surface area contributed by atoms with E-state index in [1.54, 1.807) is 0 Å². The number of aryl methyl sites for hydroxylation is 2. The number of amides is 1. The van der Waals surface area contributed by atoms with Gasteiger partial charge in [0, 0.05) is 16.9 Å². The quantitative estimate of drug-likeness (QED) is 0.874. The van der Waals surface area contributed by atoms with E-state index in [1.165, 1.54) is 24.0 Å². The average molecular weight is 264 g/mol. The van der Waals surface area contributed by atoms with Gasteiger partial charge in [0.1, 0.15) is 6.04 Å². The first kappa shape index (κ1) is 11.5. The summed E-state index contributed by atoms with van der Waals surface area (Å²) >= 11 is 0. The zero-order valence-corrected chi connectivity index (χ0v) is 11.1.